The van der Waals surface area contributed by atoms with Crippen LogP contribution in [0, 0.1) is 0 Å². The predicted molar refractivity (Wildman–Crippen MR) is 51.5 cm³/mol. The topological polar surface area (TPSA) is 48.9 Å². The fraction of sp³-hybridized carbons (Fsp3) is 0.300. The van der Waals surface area contributed by atoms with Gasteiger partial charge in [0.1, 0.15) is 5.65 Å². The fourth-order valence-corrected chi connectivity index (χ4v) is 1.49. The second-order valence-electron chi connectivity index (χ2n) is 3.04. The lowest BCUT2D eigenvalue weighted by molar-refractivity contribution is 0.289. The summed E-state index contributed by atoms with van der Waals surface area (Å²) in [5, 5.41) is 9.87. The highest BCUT2D eigenvalue weighted by Gasteiger charge is 2.02. The maximum atomic E-state index is 8.71. The normalized spacial score (nSPS) is 10.8. The monoisotopic (exact) mass is 176 g/mol. The van der Waals surface area contributed by atoms with E-state index in [2.05, 4.69) is 9.97 Å². The molecule has 0 radical (unpaired) electrons. The third-order valence-electron chi connectivity index (χ3n) is 2.14. The van der Waals surface area contributed by atoms with Gasteiger partial charge in [0, 0.05) is 24.4 Å². The van der Waals surface area contributed by atoms with Crippen molar-refractivity contribution in [1.29, 1.82) is 0 Å². The van der Waals surface area contributed by atoms with Gasteiger partial charge in [-0.2, -0.15) is 0 Å². The maximum Gasteiger partial charge on any atom is 0.137 e. The van der Waals surface area contributed by atoms with E-state index in [9.17, 15) is 0 Å². The van der Waals surface area contributed by atoms with Crippen LogP contribution >= 0.6 is 0 Å². The minimum absolute atomic E-state index is 0.243. The molecule has 0 atom stereocenters. The first kappa shape index (κ1) is 8.26. The Labute approximate surface area is 76.4 Å². The van der Waals surface area contributed by atoms with Gasteiger partial charge in [-0.1, -0.05) is 0 Å². The number of aryl methyl sites for hydroxylation is 1. The smallest absolute Gasteiger partial charge is 0.137 e. The van der Waals surface area contributed by atoms with Crippen molar-refractivity contribution in [3.8, 4) is 0 Å². The number of fused-ring (bicyclic) bond motifs is 1. The van der Waals surface area contributed by atoms with Crippen molar-refractivity contribution in [1.82, 2.24) is 9.97 Å². The molecule has 0 saturated heterocycles. The Bertz CT molecular complexity index is 394. The standard InChI is InChI=1S/C10H12N2O/c13-6-2-3-8-7-12-10-9(8)4-1-5-11-10/h1,4-5,7,13H,2-3,6H2,(H,11,12). The third-order valence-corrected chi connectivity index (χ3v) is 2.14. The molecule has 2 heterocycles. The van der Waals surface area contributed by atoms with Crippen LogP contribution < -0.4 is 0 Å². The quantitative estimate of drug-likeness (QED) is 0.744. The Morgan fingerprint density at radius 1 is 1.46 bits per heavy atom. The Morgan fingerprint density at radius 2 is 2.38 bits per heavy atom. The summed E-state index contributed by atoms with van der Waals surface area (Å²) in [6.07, 6.45) is 5.45. The van der Waals surface area contributed by atoms with Crippen LogP contribution in [-0.4, -0.2) is 21.7 Å². The second-order valence-corrected chi connectivity index (χ2v) is 3.04. The lowest BCUT2D eigenvalue weighted by Crippen LogP contribution is -1.87. The lowest BCUT2D eigenvalue weighted by atomic mass is 10.1. The first-order valence-corrected chi connectivity index (χ1v) is 4.43. The molecule has 2 rings (SSSR count). The van der Waals surface area contributed by atoms with Crippen LogP contribution in [0.15, 0.2) is 24.5 Å². The third kappa shape index (κ3) is 1.55. The number of aromatic nitrogens is 2. The highest BCUT2D eigenvalue weighted by Crippen LogP contribution is 2.16. The van der Waals surface area contributed by atoms with Gasteiger partial charge in [0.2, 0.25) is 0 Å². The lowest BCUT2D eigenvalue weighted by Gasteiger charge is -1.95. The number of H-pyrrole nitrogens is 1. The number of aliphatic hydroxyl groups is 1. The summed E-state index contributed by atoms with van der Waals surface area (Å²) < 4.78 is 0. The summed E-state index contributed by atoms with van der Waals surface area (Å²) >= 11 is 0. The van der Waals surface area contributed by atoms with Gasteiger partial charge in [-0.05, 0) is 30.5 Å². The summed E-state index contributed by atoms with van der Waals surface area (Å²) in [6, 6.07) is 3.98. The zero-order valence-electron chi connectivity index (χ0n) is 7.33. The van der Waals surface area contributed by atoms with E-state index >= 15 is 0 Å². The molecule has 0 aromatic carbocycles. The number of nitrogens with one attached hydrogen (secondary N) is 1. The minimum atomic E-state index is 0.243. The zero-order valence-corrected chi connectivity index (χ0v) is 7.33. The number of pyridine rings is 1. The summed E-state index contributed by atoms with van der Waals surface area (Å²) in [7, 11) is 0. The van der Waals surface area contributed by atoms with E-state index in [1.54, 1.807) is 6.20 Å². The maximum absolute atomic E-state index is 8.71. The molecule has 0 fully saturated rings. The van der Waals surface area contributed by atoms with Crippen molar-refractivity contribution in [3.05, 3.63) is 30.1 Å². The molecular formula is C10H12N2O. The molecule has 2 aromatic rings. The Hall–Kier alpha value is -1.35. The van der Waals surface area contributed by atoms with Gasteiger partial charge in [-0.25, -0.2) is 4.98 Å². The summed E-state index contributed by atoms with van der Waals surface area (Å²) in [4.78, 5) is 7.30. The van der Waals surface area contributed by atoms with Crippen LogP contribution in [0.25, 0.3) is 11.0 Å². The van der Waals surface area contributed by atoms with Crippen molar-refractivity contribution in [2.24, 2.45) is 0 Å². The molecule has 0 bridgehead atoms. The van der Waals surface area contributed by atoms with E-state index in [1.165, 1.54) is 5.56 Å². The summed E-state index contributed by atoms with van der Waals surface area (Å²) in [5.74, 6) is 0. The van der Waals surface area contributed by atoms with Crippen molar-refractivity contribution in [3.63, 3.8) is 0 Å². The highest BCUT2D eigenvalue weighted by molar-refractivity contribution is 5.79. The number of nitrogens with zero attached hydrogens (tertiary/aromatic N) is 1. The van der Waals surface area contributed by atoms with Crippen LogP contribution in [0.5, 0.6) is 0 Å². The Balaban J connectivity index is 2.35. The molecule has 13 heavy (non-hydrogen) atoms. The van der Waals surface area contributed by atoms with Gasteiger partial charge in [0.05, 0.1) is 0 Å². The number of aromatic amines is 1. The van der Waals surface area contributed by atoms with Gasteiger partial charge in [-0.15, -0.1) is 0 Å². The first-order valence-electron chi connectivity index (χ1n) is 4.43. The second kappa shape index (κ2) is 3.58. The van der Waals surface area contributed by atoms with E-state index in [0.717, 1.165) is 23.9 Å². The van der Waals surface area contributed by atoms with E-state index < -0.39 is 0 Å². The van der Waals surface area contributed by atoms with Crippen molar-refractivity contribution >= 4 is 11.0 Å². The SMILES string of the molecule is OCCCc1c[nH]c2ncccc12. The molecule has 68 valence electrons. The van der Waals surface area contributed by atoms with Crippen LogP contribution in [-0.2, 0) is 6.42 Å². The molecule has 0 aliphatic carbocycles. The van der Waals surface area contributed by atoms with Crippen molar-refractivity contribution in [2.75, 3.05) is 6.61 Å². The number of hydrogen-bond donors (Lipinski definition) is 2. The molecule has 3 nitrogen and oxygen atoms in total. The van der Waals surface area contributed by atoms with Crippen LogP contribution in [0.2, 0.25) is 0 Å². The molecule has 0 aliphatic heterocycles. The minimum Gasteiger partial charge on any atom is -0.396 e. The number of hydrogen-bond acceptors (Lipinski definition) is 2. The Kier molecular flexibility index (Phi) is 2.27. The number of aliphatic hydroxyl groups excluding tert-OH is 1. The molecule has 0 unspecified atom stereocenters. The van der Waals surface area contributed by atoms with Gasteiger partial charge in [0.25, 0.3) is 0 Å². The molecular weight excluding hydrogens is 164 g/mol. The summed E-state index contributed by atoms with van der Waals surface area (Å²) in [5.41, 5.74) is 2.16. The van der Waals surface area contributed by atoms with E-state index in [-0.39, 0.29) is 6.61 Å². The zero-order chi connectivity index (χ0) is 9.10. The molecule has 0 saturated carbocycles. The fourth-order valence-electron chi connectivity index (χ4n) is 1.49. The van der Waals surface area contributed by atoms with E-state index in [1.807, 2.05) is 18.3 Å². The van der Waals surface area contributed by atoms with Gasteiger partial charge in [0.15, 0.2) is 0 Å². The molecule has 2 aromatic heterocycles. The van der Waals surface area contributed by atoms with E-state index in [0.29, 0.717) is 0 Å². The predicted octanol–water partition coefficient (Wildman–Crippen LogP) is 1.49. The van der Waals surface area contributed by atoms with Crippen molar-refractivity contribution in [2.45, 2.75) is 12.8 Å². The molecule has 0 aliphatic rings. The number of rotatable bonds is 3. The molecule has 3 heteroatoms. The van der Waals surface area contributed by atoms with Gasteiger partial charge >= 0.3 is 0 Å². The summed E-state index contributed by atoms with van der Waals surface area (Å²) in [6.45, 7) is 0.243. The average molecular weight is 176 g/mol. The molecule has 0 amide bonds. The largest absolute Gasteiger partial charge is 0.396 e. The average Bonchev–Trinajstić information content (AvgIpc) is 2.58. The van der Waals surface area contributed by atoms with Crippen LogP contribution in [0.3, 0.4) is 0 Å². The molecule has 0 spiro atoms. The van der Waals surface area contributed by atoms with Gasteiger partial charge in [-0.3, -0.25) is 0 Å². The van der Waals surface area contributed by atoms with Crippen molar-refractivity contribution < 1.29 is 5.11 Å². The highest BCUT2D eigenvalue weighted by atomic mass is 16.2. The van der Waals surface area contributed by atoms with Gasteiger partial charge < -0.3 is 10.1 Å². The molecule has 2 N–H and O–H groups in total. The van der Waals surface area contributed by atoms with E-state index in [4.69, 9.17) is 5.11 Å². The van der Waals surface area contributed by atoms with Crippen LogP contribution in [0.1, 0.15) is 12.0 Å². The first-order chi connectivity index (χ1) is 6.42. The van der Waals surface area contributed by atoms with Crippen LogP contribution in [0.4, 0.5) is 0 Å². The Morgan fingerprint density at radius 3 is 3.23 bits per heavy atom.